The summed E-state index contributed by atoms with van der Waals surface area (Å²) in [5, 5.41) is 17.7. The Bertz CT molecular complexity index is 667. The van der Waals surface area contributed by atoms with Gasteiger partial charge in [-0.2, -0.15) is 10.2 Å². The summed E-state index contributed by atoms with van der Waals surface area (Å²) < 4.78 is 2.47. The molecule has 0 spiro atoms. The molecular formula is C14H9Br3N2O. The molecule has 0 heterocycles. The first-order valence-corrected chi connectivity index (χ1v) is 7.94. The zero-order chi connectivity index (χ0) is 14.5. The van der Waals surface area contributed by atoms with Crippen LogP contribution in [0, 0.1) is 0 Å². The van der Waals surface area contributed by atoms with E-state index in [9.17, 15) is 5.11 Å². The van der Waals surface area contributed by atoms with E-state index in [1.165, 1.54) is 6.21 Å². The number of phenolic OH excluding ortho intramolecular Hbond substituents is 1. The minimum absolute atomic E-state index is 0.135. The molecule has 0 fully saturated rings. The van der Waals surface area contributed by atoms with Gasteiger partial charge >= 0.3 is 0 Å². The average molecular weight is 461 g/mol. The predicted octanol–water partition coefficient (Wildman–Crippen LogP) is 5.13. The van der Waals surface area contributed by atoms with E-state index in [1.807, 2.05) is 24.3 Å². The summed E-state index contributed by atoms with van der Waals surface area (Å²) in [4.78, 5) is 0. The van der Waals surface area contributed by atoms with E-state index < -0.39 is 0 Å². The molecule has 0 radical (unpaired) electrons. The lowest BCUT2D eigenvalue weighted by atomic mass is 10.2. The van der Waals surface area contributed by atoms with Crippen LogP contribution in [0.5, 0.6) is 5.75 Å². The molecule has 2 aromatic rings. The Labute approximate surface area is 141 Å². The normalized spacial score (nSPS) is 11.6. The fourth-order valence-electron chi connectivity index (χ4n) is 1.43. The lowest BCUT2D eigenvalue weighted by Crippen LogP contribution is -1.84. The highest BCUT2D eigenvalue weighted by Gasteiger charge is 2.04. The molecule has 0 aliphatic rings. The number of halogens is 3. The van der Waals surface area contributed by atoms with Crippen molar-refractivity contribution < 1.29 is 5.11 Å². The summed E-state index contributed by atoms with van der Waals surface area (Å²) in [7, 11) is 0. The van der Waals surface area contributed by atoms with E-state index in [0.717, 1.165) is 14.5 Å². The van der Waals surface area contributed by atoms with Crippen LogP contribution < -0.4 is 0 Å². The number of hydrogen-bond acceptors (Lipinski definition) is 3. The summed E-state index contributed by atoms with van der Waals surface area (Å²) in [5.74, 6) is 0.135. The number of phenols is 1. The molecule has 102 valence electrons. The third-order valence-electron chi connectivity index (χ3n) is 2.40. The van der Waals surface area contributed by atoms with Gasteiger partial charge in [0.05, 0.1) is 16.9 Å². The van der Waals surface area contributed by atoms with Crippen molar-refractivity contribution in [3.8, 4) is 5.75 Å². The first kappa shape index (κ1) is 15.4. The van der Waals surface area contributed by atoms with Crippen LogP contribution in [-0.4, -0.2) is 17.5 Å². The van der Waals surface area contributed by atoms with Crippen LogP contribution in [0.25, 0.3) is 0 Å². The van der Waals surface area contributed by atoms with Gasteiger partial charge in [-0.05, 0) is 45.8 Å². The second-order valence-corrected chi connectivity index (χ2v) is 6.55. The number of rotatable bonds is 3. The standard InChI is InChI=1S/C14H9Br3N2O/c15-11-3-1-9(2-4-11)7-18-19-8-10-5-12(16)6-13(17)14(10)20/h1-8,20H/b18-7-,19-8-. The van der Waals surface area contributed by atoms with Crippen molar-refractivity contribution in [2.75, 3.05) is 0 Å². The quantitative estimate of drug-likeness (QED) is 0.500. The minimum atomic E-state index is 0.135. The molecule has 2 rings (SSSR count). The van der Waals surface area contributed by atoms with Crippen molar-refractivity contribution in [2.24, 2.45) is 10.2 Å². The van der Waals surface area contributed by atoms with Gasteiger partial charge in [0.15, 0.2) is 0 Å². The summed E-state index contributed by atoms with van der Waals surface area (Å²) >= 11 is 9.99. The van der Waals surface area contributed by atoms with Crippen molar-refractivity contribution in [1.82, 2.24) is 0 Å². The van der Waals surface area contributed by atoms with Crippen LogP contribution in [-0.2, 0) is 0 Å². The fraction of sp³-hybridized carbons (Fsp3) is 0. The molecule has 0 aliphatic carbocycles. The van der Waals surface area contributed by atoms with E-state index in [1.54, 1.807) is 18.3 Å². The van der Waals surface area contributed by atoms with Crippen LogP contribution in [0.2, 0.25) is 0 Å². The first-order chi connectivity index (χ1) is 9.56. The van der Waals surface area contributed by atoms with E-state index in [4.69, 9.17) is 0 Å². The Morgan fingerprint density at radius 2 is 1.50 bits per heavy atom. The van der Waals surface area contributed by atoms with Gasteiger partial charge in [0.2, 0.25) is 0 Å². The lowest BCUT2D eigenvalue weighted by molar-refractivity contribution is 0.471. The summed E-state index contributed by atoms with van der Waals surface area (Å²) in [5.41, 5.74) is 1.53. The molecule has 0 atom stereocenters. The third-order valence-corrected chi connectivity index (χ3v) is 3.99. The zero-order valence-electron chi connectivity index (χ0n) is 10.1. The zero-order valence-corrected chi connectivity index (χ0v) is 14.9. The van der Waals surface area contributed by atoms with Crippen LogP contribution in [0.15, 0.2) is 60.0 Å². The monoisotopic (exact) mass is 458 g/mol. The van der Waals surface area contributed by atoms with E-state index >= 15 is 0 Å². The Balaban J connectivity index is 2.12. The second-order valence-electron chi connectivity index (χ2n) is 3.87. The van der Waals surface area contributed by atoms with Crippen molar-refractivity contribution in [2.45, 2.75) is 0 Å². The largest absolute Gasteiger partial charge is 0.506 e. The molecular weight excluding hydrogens is 452 g/mol. The number of benzene rings is 2. The molecule has 0 unspecified atom stereocenters. The van der Waals surface area contributed by atoms with Gasteiger partial charge in [0.1, 0.15) is 5.75 Å². The molecule has 20 heavy (non-hydrogen) atoms. The summed E-state index contributed by atoms with van der Waals surface area (Å²) in [6.45, 7) is 0. The van der Waals surface area contributed by atoms with Crippen molar-refractivity contribution >= 4 is 60.2 Å². The van der Waals surface area contributed by atoms with Crippen LogP contribution in [0.1, 0.15) is 11.1 Å². The molecule has 0 bridgehead atoms. The molecule has 0 saturated carbocycles. The van der Waals surface area contributed by atoms with Crippen molar-refractivity contribution in [1.29, 1.82) is 0 Å². The number of nitrogens with zero attached hydrogens (tertiary/aromatic N) is 2. The SMILES string of the molecule is Oc1c(Br)cc(Br)cc1/C=N\N=C/c1ccc(Br)cc1. The van der Waals surface area contributed by atoms with Crippen molar-refractivity contribution in [3.05, 3.63) is 60.9 Å². The predicted molar refractivity (Wildman–Crippen MR) is 92.8 cm³/mol. The maximum Gasteiger partial charge on any atom is 0.138 e. The highest BCUT2D eigenvalue weighted by atomic mass is 79.9. The third kappa shape index (κ3) is 4.26. The van der Waals surface area contributed by atoms with Gasteiger partial charge in [-0.1, -0.05) is 44.0 Å². The van der Waals surface area contributed by atoms with Gasteiger partial charge in [-0.15, -0.1) is 0 Å². The Morgan fingerprint density at radius 1 is 0.850 bits per heavy atom. The summed E-state index contributed by atoms with van der Waals surface area (Å²) in [6.07, 6.45) is 3.15. The second kappa shape index (κ2) is 7.15. The van der Waals surface area contributed by atoms with Crippen LogP contribution in [0.4, 0.5) is 0 Å². The average Bonchev–Trinajstić information content (AvgIpc) is 2.42. The van der Waals surface area contributed by atoms with E-state index in [-0.39, 0.29) is 5.75 Å². The van der Waals surface area contributed by atoms with Gasteiger partial charge < -0.3 is 5.11 Å². The molecule has 0 aliphatic heterocycles. The molecule has 2 aromatic carbocycles. The lowest BCUT2D eigenvalue weighted by Gasteiger charge is -2.01. The maximum atomic E-state index is 9.85. The topological polar surface area (TPSA) is 45.0 Å². The van der Waals surface area contributed by atoms with Crippen LogP contribution >= 0.6 is 47.8 Å². The summed E-state index contributed by atoms with van der Waals surface area (Å²) in [6, 6.07) is 11.2. The van der Waals surface area contributed by atoms with Gasteiger partial charge in [-0.3, -0.25) is 0 Å². The Hall–Kier alpha value is -0.980. The van der Waals surface area contributed by atoms with E-state index in [0.29, 0.717) is 10.0 Å². The van der Waals surface area contributed by atoms with Crippen molar-refractivity contribution in [3.63, 3.8) is 0 Å². The molecule has 3 nitrogen and oxygen atoms in total. The van der Waals surface area contributed by atoms with Crippen LogP contribution in [0.3, 0.4) is 0 Å². The smallest absolute Gasteiger partial charge is 0.138 e. The Morgan fingerprint density at radius 3 is 2.20 bits per heavy atom. The Kier molecular flexibility index (Phi) is 5.51. The minimum Gasteiger partial charge on any atom is -0.506 e. The molecule has 0 saturated heterocycles. The van der Waals surface area contributed by atoms with E-state index in [2.05, 4.69) is 58.0 Å². The molecule has 0 amide bonds. The maximum absolute atomic E-state index is 9.85. The highest BCUT2D eigenvalue weighted by Crippen LogP contribution is 2.30. The number of hydrogen-bond donors (Lipinski definition) is 1. The van der Waals surface area contributed by atoms with Gasteiger partial charge in [0.25, 0.3) is 0 Å². The van der Waals surface area contributed by atoms with Gasteiger partial charge in [-0.25, -0.2) is 0 Å². The molecule has 6 heteroatoms. The molecule has 1 N–H and O–H groups in total. The molecule has 0 aromatic heterocycles. The fourth-order valence-corrected chi connectivity index (χ4v) is 2.95. The number of aromatic hydroxyl groups is 1. The highest BCUT2D eigenvalue weighted by molar-refractivity contribution is 9.11. The first-order valence-electron chi connectivity index (χ1n) is 5.56. The van der Waals surface area contributed by atoms with Gasteiger partial charge in [0, 0.05) is 14.5 Å².